The van der Waals surface area contributed by atoms with E-state index in [1.165, 1.54) is 12.8 Å². The fourth-order valence-corrected chi connectivity index (χ4v) is 2.78. The van der Waals surface area contributed by atoms with Gasteiger partial charge in [0, 0.05) is 32.2 Å². The van der Waals surface area contributed by atoms with Crippen molar-refractivity contribution in [3.05, 3.63) is 23.8 Å². The van der Waals surface area contributed by atoms with Crippen molar-refractivity contribution in [2.75, 3.05) is 44.9 Å². The van der Waals surface area contributed by atoms with Crippen molar-refractivity contribution in [2.45, 2.75) is 18.9 Å². The maximum atomic E-state index is 11.7. The Bertz CT molecular complexity index is 489. The molecule has 1 saturated heterocycles. The van der Waals surface area contributed by atoms with Crippen molar-refractivity contribution >= 4 is 17.3 Å². The van der Waals surface area contributed by atoms with Crippen LogP contribution in [0, 0.1) is 0 Å². The Morgan fingerprint density at radius 3 is 2.90 bits per heavy atom. The molecule has 1 heterocycles. The molecule has 1 unspecified atom stereocenters. The van der Waals surface area contributed by atoms with Gasteiger partial charge in [-0.3, -0.25) is 4.79 Å². The van der Waals surface area contributed by atoms with Crippen LogP contribution in [-0.2, 0) is 0 Å². The van der Waals surface area contributed by atoms with E-state index in [2.05, 4.69) is 22.2 Å². The average molecular weight is 276 g/mol. The molecule has 20 heavy (non-hydrogen) atoms. The smallest absolute Gasteiger partial charge is 0.251 e. The van der Waals surface area contributed by atoms with Gasteiger partial charge in [0.05, 0.1) is 11.4 Å². The molecule has 5 heteroatoms. The number of amides is 1. The van der Waals surface area contributed by atoms with Gasteiger partial charge in [-0.25, -0.2) is 0 Å². The Balaban J connectivity index is 2.15. The van der Waals surface area contributed by atoms with E-state index in [9.17, 15) is 4.79 Å². The SMILES string of the molecule is CNC(=O)c1ccc(N)c(N(C)CC2CCCN2C)c1. The van der Waals surface area contributed by atoms with Crippen LogP contribution in [0.15, 0.2) is 18.2 Å². The number of carbonyl (C=O) groups excluding carboxylic acids is 1. The fraction of sp³-hybridized carbons (Fsp3) is 0.533. The Morgan fingerprint density at radius 2 is 2.30 bits per heavy atom. The number of rotatable bonds is 4. The second-order valence-corrected chi connectivity index (χ2v) is 5.51. The van der Waals surface area contributed by atoms with Crippen molar-refractivity contribution < 1.29 is 4.79 Å². The van der Waals surface area contributed by atoms with Crippen LogP contribution in [0.5, 0.6) is 0 Å². The van der Waals surface area contributed by atoms with Crippen LogP contribution in [0.4, 0.5) is 11.4 Å². The van der Waals surface area contributed by atoms with E-state index in [0.29, 0.717) is 17.3 Å². The third kappa shape index (κ3) is 3.04. The molecule has 1 aliphatic heterocycles. The van der Waals surface area contributed by atoms with E-state index in [4.69, 9.17) is 5.73 Å². The zero-order chi connectivity index (χ0) is 14.7. The van der Waals surface area contributed by atoms with E-state index < -0.39 is 0 Å². The minimum atomic E-state index is -0.0855. The van der Waals surface area contributed by atoms with Crippen molar-refractivity contribution in [3.63, 3.8) is 0 Å². The molecule has 5 nitrogen and oxygen atoms in total. The number of hydrogen-bond donors (Lipinski definition) is 2. The molecule has 0 aliphatic carbocycles. The molecule has 0 aromatic heterocycles. The third-order valence-electron chi connectivity index (χ3n) is 4.09. The van der Waals surface area contributed by atoms with Gasteiger partial charge in [-0.05, 0) is 44.6 Å². The highest BCUT2D eigenvalue weighted by Crippen LogP contribution is 2.25. The number of benzene rings is 1. The van der Waals surface area contributed by atoms with E-state index in [1.807, 2.05) is 13.1 Å². The number of nitrogen functional groups attached to an aromatic ring is 1. The molecule has 2 rings (SSSR count). The van der Waals surface area contributed by atoms with Crippen LogP contribution in [0.1, 0.15) is 23.2 Å². The van der Waals surface area contributed by atoms with Crippen LogP contribution in [0.25, 0.3) is 0 Å². The van der Waals surface area contributed by atoms with Crippen LogP contribution in [0.2, 0.25) is 0 Å². The summed E-state index contributed by atoms with van der Waals surface area (Å²) in [6, 6.07) is 5.98. The largest absolute Gasteiger partial charge is 0.397 e. The number of hydrogen-bond acceptors (Lipinski definition) is 4. The van der Waals surface area contributed by atoms with Gasteiger partial charge in [0.2, 0.25) is 0 Å². The van der Waals surface area contributed by atoms with Crippen LogP contribution < -0.4 is 16.0 Å². The van der Waals surface area contributed by atoms with Crippen LogP contribution >= 0.6 is 0 Å². The summed E-state index contributed by atoms with van der Waals surface area (Å²) in [6.07, 6.45) is 2.47. The molecule has 1 atom stereocenters. The minimum Gasteiger partial charge on any atom is -0.397 e. The molecular weight excluding hydrogens is 252 g/mol. The topological polar surface area (TPSA) is 61.6 Å². The first-order chi connectivity index (χ1) is 9.52. The van der Waals surface area contributed by atoms with Gasteiger partial charge in [-0.15, -0.1) is 0 Å². The van der Waals surface area contributed by atoms with Gasteiger partial charge < -0.3 is 20.9 Å². The van der Waals surface area contributed by atoms with Gasteiger partial charge in [-0.2, -0.15) is 0 Å². The first-order valence-electron chi connectivity index (χ1n) is 7.06. The molecule has 1 aliphatic rings. The fourth-order valence-electron chi connectivity index (χ4n) is 2.78. The lowest BCUT2D eigenvalue weighted by molar-refractivity contribution is 0.0963. The molecule has 1 fully saturated rings. The Labute approximate surface area is 120 Å². The number of likely N-dealkylation sites (N-methyl/N-ethyl adjacent to an activating group) is 2. The third-order valence-corrected chi connectivity index (χ3v) is 4.09. The van der Waals surface area contributed by atoms with Crippen molar-refractivity contribution in [2.24, 2.45) is 0 Å². The average Bonchev–Trinajstić information content (AvgIpc) is 2.83. The maximum Gasteiger partial charge on any atom is 0.251 e. The van der Waals surface area contributed by atoms with Crippen molar-refractivity contribution in [1.29, 1.82) is 0 Å². The zero-order valence-electron chi connectivity index (χ0n) is 12.5. The van der Waals surface area contributed by atoms with Crippen LogP contribution in [0.3, 0.4) is 0 Å². The van der Waals surface area contributed by atoms with E-state index in [-0.39, 0.29) is 5.91 Å². The van der Waals surface area contributed by atoms with Gasteiger partial charge in [0.25, 0.3) is 5.91 Å². The Morgan fingerprint density at radius 1 is 1.55 bits per heavy atom. The summed E-state index contributed by atoms with van der Waals surface area (Å²) >= 11 is 0. The lowest BCUT2D eigenvalue weighted by atomic mass is 10.1. The predicted octanol–water partition coefficient (Wildman–Crippen LogP) is 1.16. The first-order valence-corrected chi connectivity index (χ1v) is 7.06. The summed E-state index contributed by atoms with van der Waals surface area (Å²) in [5.41, 5.74) is 8.33. The van der Waals surface area contributed by atoms with E-state index in [0.717, 1.165) is 18.8 Å². The summed E-state index contributed by atoms with van der Waals surface area (Å²) in [7, 11) is 5.83. The lowest BCUT2D eigenvalue weighted by Gasteiger charge is -2.28. The van der Waals surface area contributed by atoms with Crippen LogP contribution in [-0.4, -0.2) is 51.1 Å². The van der Waals surface area contributed by atoms with Gasteiger partial charge in [0.15, 0.2) is 0 Å². The Hall–Kier alpha value is -1.75. The van der Waals surface area contributed by atoms with Gasteiger partial charge in [-0.1, -0.05) is 0 Å². The molecule has 0 saturated carbocycles. The molecule has 0 spiro atoms. The number of nitrogens with zero attached hydrogens (tertiary/aromatic N) is 2. The number of anilines is 2. The second kappa shape index (κ2) is 6.13. The maximum absolute atomic E-state index is 11.7. The predicted molar refractivity (Wildman–Crippen MR) is 83.2 cm³/mol. The molecular formula is C15H24N4O. The van der Waals surface area contributed by atoms with Crippen molar-refractivity contribution in [1.82, 2.24) is 10.2 Å². The first kappa shape index (κ1) is 14.7. The summed E-state index contributed by atoms with van der Waals surface area (Å²) in [4.78, 5) is 16.2. The molecule has 0 radical (unpaired) electrons. The second-order valence-electron chi connectivity index (χ2n) is 5.51. The highest BCUT2D eigenvalue weighted by atomic mass is 16.1. The van der Waals surface area contributed by atoms with Crippen molar-refractivity contribution in [3.8, 4) is 0 Å². The zero-order valence-corrected chi connectivity index (χ0v) is 12.5. The number of nitrogens with two attached hydrogens (primary N) is 1. The number of carbonyl (C=O) groups is 1. The highest BCUT2D eigenvalue weighted by Gasteiger charge is 2.23. The van der Waals surface area contributed by atoms with E-state index in [1.54, 1.807) is 19.2 Å². The van der Waals surface area contributed by atoms with E-state index >= 15 is 0 Å². The summed E-state index contributed by atoms with van der Waals surface area (Å²) < 4.78 is 0. The van der Waals surface area contributed by atoms with Gasteiger partial charge in [0.1, 0.15) is 0 Å². The summed E-state index contributed by atoms with van der Waals surface area (Å²) in [6.45, 7) is 2.09. The molecule has 1 amide bonds. The molecule has 1 aromatic rings. The molecule has 110 valence electrons. The minimum absolute atomic E-state index is 0.0855. The Kier molecular flexibility index (Phi) is 4.49. The number of nitrogens with one attached hydrogen (secondary N) is 1. The lowest BCUT2D eigenvalue weighted by Crippen LogP contribution is -2.37. The highest BCUT2D eigenvalue weighted by molar-refractivity contribution is 5.96. The quantitative estimate of drug-likeness (QED) is 0.810. The molecule has 0 bridgehead atoms. The van der Waals surface area contributed by atoms with Gasteiger partial charge >= 0.3 is 0 Å². The summed E-state index contributed by atoms with van der Waals surface area (Å²) in [5, 5.41) is 2.64. The summed E-state index contributed by atoms with van der Waals surface area (Å²) in [5.74, 6) is -0.0855. The molecule has 3 N–H and O–H groups in total. The standard InChI is InChI=1S/C15H24N4O/c1-17-15(20)11-6-7-13(16)14(9-11)19(3)10-12-5-4-8-18(12)2/h6-7,9,12H,4-5,8,10,16H2,1-3H3,(H,17,20). The number of likely N-dealkylation sites (tertiary alicyclic amines) is 1. The monoisotopic (exact) mass is 276 g/mol. The normalized spacial score (nSPS) is 19.1. The molecule has 1 aromatic carbocycles.